The van der Waals surface area contributed by atoms with Gasteiger partial charge in [0.05, 0.1) is 0 Å². The van der Waals surface area contributed by atoms with Crippen LogP contribution in [0.2, 0.25) is 0 Å². The summed E-state index contributed by atoms with van der Waals surface area (Å²) in [5.41, 5.74) is 14.8. The van der Waals surface area contributed by atoms with Gasteiger partial charge in [-0.25, -0.2) is 0 Å². The molecule has 10 aromatic carbocycles. The van der Waals surface area contributed by atoms with E-state index in [0.717, 1.165) is 53.6 Å². The molecule has 0 atom stereocenters. The molecule has 12 aromatic rings. The van der Waals surface area contributed by atoms with Gasteiger partial charge in [-0.05, 0) is 98.1 Å². The van der Waals surface area contributed by atoms with Gasteiger partial charge >= 0.3 is 7.12 Å². The molecule has 2 nitrogen and oxygen atoms in total. The molecule has 0 bridgehead atoms. The number of thiophene rings is 2. The summed E-state index contributed by atoms with van der Waals surface area (Å²) >= 11 is 3.52. The van der Waals surface area contributed by atoms with Crippen LogP contribution in [0.1, 0.15) is 0 Å². The van der Waals surface area contributed by atoms with Gasteiger partial charge < -0.3 is 10.0 Å². The molecule has 0 saturated heterocycles. The molecule has 65 heavy (non-hydrogen) atoms. The lowest BCUT2D eigenvalue weighted by Gasteiger charge is -2.09. The fourth-order valence-corrected chi connectivity index (χ4v) is 11.5. The van der Waals surface area contributed by atoms with E-state index in [2.05, 4.69) is 188 Å². The highest BCUT2D eigenvalue weighted by molar-refractivity contribution is 7.27. The second-order valence-electron chi connectivity index (χ2n) is 16.2. The van der Waals surface area contributed by atoms with Crippen LogP contribution in [0.4, 0.5) is 0 Å². The number of benzene rings is 10. The van der Waals surface area contributed by atoms with Gasteiger partial charge in [-0.2, -0.15) is 0 Å². The number of hydrogen-bond acceptors (Lipinski definition) is 4. The highest BCUT2D eigenvalue weighted by Crippen LogP contribution is 2.45. The molecule has 0 unspecified atom stereocenters. The fraction of sp³-hybridized carbons (Fsp3) is 0. The van der Waals surface area contributed by atoms with Gasteiger partial charge in [0.25, 0.3) is 0 Å². The van der Waals surface area contributed by atoms with Gasteiger partial charge in [-0.1, -0.05) is 194 Å². The smallest absolute Gasteiger partial charge is 0.423 e. The number of fused-ring (bicyclic) bond motifs is 6. The van der Waals surface area contributed by atoms with Gasteiger partial charge in [-0.3, -0.25) is 0 Å². The monoisotopic (exact) mass is 868 g/mol. The van der Waals surface area contributed by atoms with Gasteiger partial charge in [-0.15, -0.1) is 22.7 Å². The van der Waals surface area contributed by atoms with Crippen LogP contribution in [0.3, 0.4) is 0 Å². The number of hydrogen-bond donors (Lipinski definition) is 2. The summed E-state index contributed by atoms with van der Waals surface area (Å²) in [6.07, 6.45) is 0. The molecular weight excluding hydrogens is 828 g/mol. The molecule has 0 aliphatic rings. The Balaban J connectivity index is 0.000000145. The van der Waals surface area contributed by atoms with E-state index in [1.54, 1.807) is 11.3 Å². The average molecular weight is 869 g/mol. The summed E-state index contributed by atoms with van der Waals surface area (Å²) in [7, 11) is -1.55. The van der Waals surface area contributed by atoms with Crippen molar-refractivity contribution in [3.63, 3.8) is 0 Å². The van der Waals surface area contributed by atoms with Gasteiger partial charge in [0.15, 0.2) is 0 Å². The van der Waals surface area contributed by atoms with E-state index >= 15 is 0 Å². The molecule has 0 radical (unpaired) electrons. The lowest BCUT2D eigenvalue weighted by molar-refractivity contribution is 0.426. The van der Waals surface area contributed by atoms with E-state index in [9.17, 15) is 10.0 Å². The van der Waals surface area contributed by atoms with Crippen LogP contribution >= 0.6 is 22.7 Å². The third-order valence-electron chi connectivity index (χ3n) is 12.1. The highest BCUT2D eigenvalue weighted by atomic mass is 32.1. The van der Waals surface area contributed by atoms with Crippen molar-refractivity contribution in [3.8, 4) is 66.8 Å². The molecule has 0 aliphatic heterocycles. The molecule has 0 aliphatic carbocycles. The molecule has 2 N–H and O–H groups in total. The second-order valence-corrected chi connectivity index (χ2v) is 18.3. The predicted octanol–water partition coefficient (Wildman–Crippen LogP) is 15.8. The van der Waals surface area contributed by atoms with Gasteiger partial charge in [0, 0.05) is 56.9 Å². The summed E-state index contributed by atoms with van der Waals surface area (Å²) in [5, 5.41) is 25.4. The van der Waals surface area contributed by atoms with E-state index < -0.39 is 7.12 Å². The van der Waals surface area contributed by atoms with Crippen LogP contribution in [0.25, 0.3) is 107 Å². The topological polar surface area (TPSA) is 40.5 Å². The van der Waals surface area contributed by atoms with E-state index in [-0.39, 0.29) is 0 Å². The van der Waals surface area contributed by atoms with E-state index in [4.69, 9.17) is 0 Å². The summed E-state index contributed by atoms with van der Waals surface area (Å²) < 4.78 is 4.74. The first-order chi connectivity index (χ1) is 32.1. The Morgan fingerprint density at radius 2 is 0.600 bits per heavy atom. The molecule has 2 heterocycles. The van der Waals surface area contributed by atoms with Crippen molar-refractivity contribution in [1.29, 1.82) is 0 Å². The Kier molecular flexibility index (Phi) is 11.0. The first-order valence-electron chi connectivity index (χ1n) is 21.8. The summed E-state index contributed by atoms with van der Waals surface area (Å²) in [4.78, 5) is 0. The maximum absolute atomic E-state index is 10.3. The third-order valence-corrected chi connectivity index (χ3v) is 14.7. The van der Waals surface area contributed by atoms with Crippen molar-refractivity contribution in [2.45, 2.75) is 0 Å². The molecule has 0 saturated carbocycles. The van der Waals surface area contributed by atoms with Crippen molar-refractivity contribution < 1.29 is 10.0 Å². The quantitative estimate of drug-likeness (QED) is 0.157. The van der Waals surface area contributed by atoms with Crippen LogP contribution in [0.15, 0.2) is 237 Å². The maximum atomic E-state index is 10.3. The Morgan fingerprint density at radius 3 is 1.03 bits per heavy atom. The SMILES string of the molecule is OB(O)c1cc(-c2ccccc2)cc2c1sc1c(-c3ccccc3)cc(-c3ccccc3)cc12.c1ccc(-c2ccc3sc4c(-c5ccccc5)cc(-c5ccccc5)cc4c3c2)cc1. The molecule has 12 rings (SSSR count). The molecule has 2 aromatic heterocycles. The minimum absolute atomic E-state index is 0.540. The zero-order chi connectivity index (χ0) is 43.7. The Labute approximate surface area is 386 Å². The molecular formula is C60H41BO2S2. The van der Waals surface area contributed by atoms with Crippen molar-refractivity contribution in [1.82, 2.24) is 0 Å². The standard InChI is InChI=1S/C30H21BO2S.C30H20S/c32-31(33)28-19-24(21-12-6-2-7-13-21)18-27-26-17-23(20-10-4-1-5-11-20)16-25(29(26)34-30(27)28)22-14-8-3-9-15-22;1-4-10-21(11-5-1)24-16-17-29-27(18-24)28-20-25(22-12-6-2-7-13-22)19-26(30(28)31-29)23-14-8-3-9-15-23/h1-19,32-33H;1-20H. The van der Waals surface area contributed by atoms with E-state index in [1.807, 2.05) is 59.9 Å². The first-order valence-corrected chi connectivity index (χ1v) is 23.4. The predicted molar refractivity (Wildman–Crippen MR) is 281 cm³/mol. The van der Waals surface area contributed by atoms with Crippen LogP contribution in [-0.2, 0) is 0 Å². The summed E-state index contributed by atoms with van der Waals surface area (Å²) in [6, 6.07) is 83.1. The maximum Gasteiger partial charge on any atom is 0.489 e. The average Bonchev–Trinajstić information content (AvgIpc) is 3.95. The number of rotatable bonds is 7. The normalized spacial score (nSPS) is 11.2. The van der Waals surface area contributed by atoms with Crippen LogP contribution < -0.4 is 5.46 Å². The fourth-order valence-electron chi connectivity index (χ4n) is 8.94. The zero-order valence-corrected chi connectivity index (χ0v) is 36.9. The summed E-state index contributed by atoms with van der Waals surface area (Å²) in [5.74, 6) is 0. The van der Waals surface area contributed by atoms with Crippen molar-refractivity contribution in [2.75, 3.05) is 0 Å². The van der Waals surface area contributed by atoms with Crippen molar-refractivity contribution in [3.05, 3.63) is 237 Å². The van der Waals surface area contributed by atoms with Crippen molar-refractivity contribution in [2.24, 2.45) is 0 Å². The third kappa shape index (κ3) is 7.97. The first kappa shape index (κ1) is 40.4. The van der Waals surface area contributed by atoms with Crippen LogP contribution in [0, 0.1) is 0 Å². The minimum atomic E-state index is -1.55. The minimum Gasteiger partial charge on any atom is -0.423 e. The summed E-state index contributed by atoms with van der Waals surface area (Å²) in [6.45, 7) is 0. The van der Waals surface area contributed by atoms with Crippen molar-refractivity contribution >= 4 is 75.6 Å². The Bertz CT molecular complexity index is 3590. The van der Waals surface area contributed by atoms with Crippen LogP contribution in [0.5, 0.6) is 0 Å². The molecule has 5 heteroatoms. The van der Waals surface area contributed by atoms with Gasteiger partial charge in [0.1, 0.15) is 0 Å². The largest absolute Gasteiger partial charge is 0.489 e. The Hall–Kier alpha value is -7.38. The second kappa shape index (κ2) is 17.7. The molecule has 0 amide bonds. The van der Waals surface area contributed by atoms with E-state index in [1.165, 1.54) is 53.6 Å². The molecule has 0 fully saturated rings. The highest BCUT2D eigenvalue weighted by Gasteiger charge is 2.22. The Morgan fingerprint density at radius 1 is 0.262 bits per heavy atom. The lowest BCUT2D eigenvalue weighted by atomic mass is 9.78. The zero-order valence-electron chi connectivity index (χ0n) is 35.3. The van der Waals surface area contributed by atoms with Gasteiger partial charge in [0.2, 0.25) is 0 Å². The van der Waals surface area contributed by atoms with Crippen LogP contribution in [-0.4, -0.2) is 17.2 Å². The van der Waals surface area contributed by atoms with E-state index in [0.29, 0.717) is 5.46 Å². The lowest BCUT2D eigenvalue weighted by Crippen LogP contribution is -2.30. The molecule has 308 valence electrons. The molecule has 0 spiro atoms.